The molecule has 0 radical (unpaired) electrons. The third-order valence-corrected chi connectivity index (χ3v) is 3.56. The summed E-state index contributed by atoms with van der Waals surface area (Å²) < 4.78 is 15.8. The summed E-state index contributed by atoms with van der Waals surface area (Å²) in [7, 11) is 0. The van der Waals surface area contributed by atoms with E-state index in [-0.39, 0.29) is 18.0 Å². The van der Waals surface area contributed by atoms with Crippen molar-refractivity contribution in [1.29, 1.82) is 0 Å². The zero-order chi connectivity index (χ0) is 15.4. The number of hydrogen-bond donors (Lipinski definition) is 2. The van der Waals surface area contributed by atoms with Crippen LogP contribution >= 0.6 is 0 Å². The van der Waals surface area contributed by atoms with Crippen LogP contribution in [0.5, 0.6) is 0 Å². The van der Waals surface area contributed by atoms with E-state index in [1.807, 2.05) is 26.8 Å². The normalized spacial score (nSPS) is 14.1. The topological polar surface area (TPSA) is 50.1 Å². The maximum Gasteiger partial charge on any atom is 0.149 e. The van der Waals surface area contributed by atoms with E-state index in [4.69, 9.17) is 0 Å². The predicted molar refractivity (Wildman–Crippen MR) is 81.0 cm³/mol. The van der Waals surface area contributed by atoms with Gasteiger partial charge in [0.1, 0.15) is 11.5 Å². The predicted octanol–water partition coefficient (Wildman–Crippen LogP) is 2.74. The van der Waals surface area contributed by atoms with E-state index in [9.17, 15) is 9.50 Å². The smallest absolute Gasteiger partial charge is 0.149 e. The number of aryl methyl sites for hydroxylation is 1. The first-order valence-electron chi connectivity index (χ1n) is 7.23. The molecule has 4 nitrogen and oxygen atoms in total. The Labute approximate surface area is 124 Å². The van der Waals surface area contributed by atoms with Gasteiger partial charge < -0.3 is 10.4 Å². The summed E-state index contributed by atoms with van der Waals surface area (Å²) in [5.74, 6) is -0.305. The van der Waals surface area contributed by atoms with Crippen LogP contribution in [0.4, 0.5) is 4.39 Å². The fourth-order valence-corrected chi connectivity index (χ4v) is 2.10. The van der Waals surface area contributed by atoms with Crippen LogP contribution in [0.15, 0.2) is 30.6 Å². The number of nitrogens with one attached hydrogen (secondary N) is 1. The van der Waals surface area contributed by atoms with Crippen molar-refractivity contribution in [3.63, 3.8) is 0 Å². The minimum absolute atomic E-state index is 0.0193. The first-order valence-corrected chi connectivity index (χ1v) is 7.23. The van der Waals surface area contributed by atoms with Crippen molar-refractivity contribution >= 4 is 0 Å². The second kappa shape index (κ2) is 6.83. The highest BCUT2D eigenvalue weighted by atomic mass is 19.1. The molecule has 0 saturated heterocycles. The molecule has 0 fully saturated rings. The average molecular weight is 291 g/mol. The van der Waals surface area contributed by atoms with Crippen LogP contribution in [0.25, 0.3) is 5.69 Å². The maximum atomic E-state index is 14.2. The van der Waals surface area contributed by atoms with Crippen molar-refractivity contribution < 1.29 is 9.50 Å². The van der Waals surface area contributed by atoms with Gasteiger partial charge in [0.05, 0.1) is 12.3 Å². The van der Waals surface area contributed by atoms with Gasteiger partial charge in [-0.1, -0.05) is 13.0 Å². The lowest BCUT2D eigenvalue weighted by atomic mass is 10.1. The Morgan fingerprint density at radius 2 is 2.19 bits per heavy atom. The molecule has 0 aliphatic carbocycles. The molecule has 0 bridgehead atoms. The molecule has 21 heavy (non-hydrogen) atoms. The maximum absolute atomic E-state index is 14.2. The first-order chi connectivity index (χ1) is 10.0. The van der Waals surface area contributed by atoms with E-state index in [0.29, 0.717) is 18.7 Å². The molecule has 0 saturated carbocycles. The summed E-state index contributed by atoms with van der Waals surface area (Å²) in [6, 6.07) is 5.10. The fraction of sp³-hybridized carbons (Fsp3) is 0.438. The SMILES string of the molecule is CCC(O)CNC(C)c1ccc(-n2cc(C)cn2)c(F)c1. The van der Waals surface area contributed by atoms with Gasteiger partial charge in [-0.3, -0.25) is 0 Å². The molecule has 2 aromatic rings. The molecular weight excluding hydrogens is 269 g/mol. The molecule has 0 aliphatic heterocycles. The van der Waals surface area contributed by atoms with Gasteiger partial charge in [-0.25, -0.2) is 9.07 Å². The zero-order valence-electron chi connectivity index (χ0n) is 12.7. The van der Waals surface area contributed by atoms with Gasteiger partial charge in [0.15, 0.2) is 0 Å². The minimum Gasteiger partial charge on any atom is -0.392 e. The molecule has 1 heterocycles. The van der Waals surface area contributed by atoms with E-state index in [1.165, 1.54) is 10.7 Å². The molecule has 2 N–H and O–H groups in total. The van der Waals surface area contributed by atoms with Crippen molar-refractivity contribution in [1.82, 2.24) is 15.1 Å². The molecule has 2 unspecified atom stereocenters. The molecule has 114 valence electrons. The highest BCUT2D eigenvalue weighted by Gasteiger charge is 2.12. The van der Waals surface area contributed by atoms with E-state index in [2.05, 4.69) is 10.4 Å². The summed E-state index contributed by atoms with van der Waals surface area (Å²) in [6.07, 6.45) is 3.82. The van der Waals surface area contributed by atoms with Crippen molar-refractivity contribution in [3.8, 4) is 5.69 Å². The number of hydrogen-bond acceptors (Lipinski definition) is 3. The highest BCUT2D eigenvalue weighted by Crippen LogP contribution is 2.19. The third-order valence-electron chi connectivity index (χ3n) is 3.56. The summed E-state index contributed by atoms with van der Waals surface area (Å²) in [5, 5.41) is 16.9. The van der Waals surface area contributed by atoms with Gasteiger partial charge in [0.2, 0.25) is 0 Å². The Kier molecular flexibility index (Phi) is 5.09. The Morgan fingerprint density at radius 1 is 1.43 bits per heavy atom. The summed E-state index contributed by atoms with van der Waals surface area (Å²) in [4.78, 5) is 0. The second-order valence-corrected chi connectivity index (χ2v) is 5.37. The summed E-state index contributed by atoms with van der Waals surface area (Å²) >= 11 is 0. The Balaban J connectivity index is 2.11. The molecule has 2 rings (SSSR count). The Bertz CT molecular complexity index is 597. The number of halogens is 1. The van der Waals surface area contributed by atoms with Crippen LogP contribution in [0, 0.1) is 12.7 Å². The van der Waals surface area contributed by atoms with Gasteiger partial charge in [0, 0.05) is 18.8 Å². The van der Waals surface area contributed by atoms with Crippen molar-refractivity contribution in [3.05, 3.63) is 47.5 Å². The second-order valence-electron chi connectivity index (χ2n) is 5.37. The largest absolute Gasteiger partial charge is 0.392 e. The molecule has 0 aliphatic rings. The summed E-state index contributed by atoms with van der Waals surface area (Å²) in [6.45, 7) is 6.30. The van der Waals surface area contributed by atoms with Crippen molar-refractivity contribution in [2.24, 2.45) is 0 Å². The van der Waals surface area contributed by atoms with Crippen molar-refractivity contribution in [2.45, 2.75) is 39.3 Å². The van der Waals surface area contributed by atoms with Gasteiger partial charge >= 0.3 is 0 Å². The van der Waals surface area contributed by atoms with Crippen LogP contribution in [-0.2, 0) is 0 Å². The molecular formula is C16H22FN3O. The molecule has 5 heteroatoms. The third kappa shape index (κ3) is 3.89. The number of aromatic nitrogens is 2. The van der Waals surface area contributed by atoms with Crippen LogP contribution in [0.2, 0.25) is 0 Å². The number of nitrogens with zero attached hydrogens (tertiary/aromatic N) is 2. The van der Waals surface area contributed by atoms with Crippen LogP contribution < -0.4 is 5.32 Å². The van der Waals surface area contributed by atoms with Crippen LogP contribution in [-0.4, -0.2) is 27.5 Å². The minimum atomic E-state index is -0.372. The lowest BCUT2D eigenvalue weighted by Gasteiger charge is -2.17. The average Bonchev–Trinajstić information content (AvgIpc) is 2.90. The molecule has 0 spiro atoms. The summed E-state index contributed by atoms with van der Waals surface area (Å²) in [5.41, 5.74) is 2.28. The first kappa shape index (κ1) is 15.7. The van der Waals surface area contributed by atoms with Crippen LogP contribution in [0.1, 0.15) is 37.4 Å². The van der Waals surface area contributed by atoms with Gasteiger partial charge in [0.25, 0.3) is 0 Å². The van der Waals surface area contributed by atoms with Gasteiger partial charge in [-0.2, -0.15) is 5.10 Å². The van der Waals surface area contributed by atoms with Crippen molar-refractivity contribution in [2.75, 3.05) is 6.54 Å². The quantitative estimate of drug-likeness (QED) is 0.860. The fourth-order valence-electron chi connectivity index (χ4n) is 2.10. The van der Waals surface area contributed by atoms with Gasteiger partial charge in [-0.05, 0) is 43.5 Å². The van der Waals surface area contributed by atoms with Gasteiger partial charge in [-0.15, -0.1) is 0 Å². The lowest BCUT2D eigenvalue weighted by molar-refractivity contribution is 0.163. The number of aliphatic hydroxyl groups excluding tert-OH is 1. The molecule has 1 aromatic heterocycles. The number of aliphatic hydroxyl groups is 1. The monoisotopic (exact) mass is 291 g/mol. The highest BCUT2D eigenvalue weighted by molar-refractivity contribution is 5.37. The van der Waals surface area contributed by atoms with E-state index >= 15 is 0 Å². The van der Waals surface area contributed by atoms with E-state index in [1.54, 1.807) is 18.5 Å². The lowest BCUT2D eigenvalue weighted by Crippen LogP contribution is -2.28. The zero-order valence-corrected chi connectivity index (χ0v) is 12.7. The molecule has 2 atom stereocenters. The molecule has 1 aromatic carbocycles. The number of rotatable bonds is 6. The van der Waals surface area contributed by atoms with E-state index < -0.39 is 0 Å². The Hall–Kier alpha value is -1.72. The number of benzene rings is 1. The molecule has 0 amide bonds. The Morgan fingerprint density at radius 3 is 2.76 bits per heavy atom. The standard InChI is InChI=1S/C16H22FN3O/c1-4-14(21)9-18-12(3)13-5-6-16(15(17)7-13)20-10-11(2)8-19-20/h5-8,10,12,14,18,21H,4,9H2,1-3H3. The van der Waals surface area contributed by atoms with Crippen LogP contribution in [0.3, 0.4) is 0 Å². The van der Waals surface area contributed by atoms with E-state index in [0.717, 1.165) is 11.1 Å².